The van der Waals surface area contributed by atoms with E-state index in [2.05, 4.69) is 0 Å². The van der Waals surface area contributed by atoms with Gasteiger partial charge in [0.25, 0.3) is 0 Å². The third-order valence-electron chi connectivity index (χ3n) is 2.97. The van der Waals surface area contributed by atoms with Crippen molar-refractivity contribution < 1.29 is 4.79 Å². The maximum Gasteiger partial charge on any atom is 0.167 e. The molecular formula is C16H17NO. The zero-order chi connectivity index (χ0) is 13.0. The van der Waals surface area contributed by atoms with E-state index in [4.69, 9.17) is 5.73 Å². The zero-order valence-electron chi connectivity index (χ0n) is 10.5. The lowest BCUT2D eigenvalue weighted by Crippen LogP contribution is -2.07. The smallest absolute Gasteiger partial charge is 0.167 e. The minimum absolute atomic E-state index is 0.00303. The van der Waals surface area contributed by atoms with Gasteiger partial charge in [0.2, 0.25) is 0 Å². The van der Waals surface area contributed by atoms with Gasteiger partial charge >= 0.3 is 0 Å². The first kappa shape index (κ1) is 12.5. The second-order valence-corrected chi connectivity index (χ2v) is 4.50. The number of nitrogens with two attached hydrogens (primary N) is 1. The van der Waals surface area contributed by atoms with Crippen molar-refractivity contribution in [2.45, 2.75) is 19.4 Å². The van der Waals surface area contributed by atoms with Crippen molar-refractivity contribution in [1.82, 2.24) is 0 Å². The van der Waals surface area contributed by atoms with Crippen molar-refractivity contribution in [1.29, 1.82) is 0 Å². The van der Waals surface area contributed by atoms with Crippen LogP contribution < -0.4 is 5.73 Å². The highest BCUT2D eigenvalue weighted by molar-refractivity contribution is 5.97. The van der Waals surface area contributed by atoms with Gasteiger partial charge in [0.05, 0.1) is 0 Å². The van der Waals surface area contributed by atoms with E-state index >= 15 is 0 Å². The van der Waals surface area contributed by atoms with E-state index in [0.717, 1.165) is 16.7 Å². The molecule has 0 bridgehead atoms. The van der Waals surface area contributed by atoms with Gasteiger partial charge < -0.3 is 5.73 Å². The monoisotopic (exact) mass is 239 g/mol. The Labute approximate surface area is 107 Å². The predicted octanol–water partition coefficient (Wildman–Crippen LogP) is 3.13. The Kier molecular flexibility index (Phi) is 3.90. The zero-order valence-corrected chi connectivity index (χ0v) is 10.5. The molecule has 0 aromatic heterocycles. The minimum Gasteiger partial charge on any atom is -0.324 e. The van der Waals surface area contributed by atoms with E-state index in [-0.39, 0.29) is 11.8 Å². The normalized spacial score (nSPS) is 12.1. The molecule has 0 aliphatic rings. The highest BCUT2D eigenvalue weighted by Crippen LogP contribution is 2.13. The van der Waals surface area contributed by atoms with Crippen LogP contribution in [0.1, 0.15) is 34.5 Å². The fourth-order valence-electron chi connectivity index (χ4n) is 1.86. The quantitative estimate of drug-likeness (QED) is 0.833. The topological polar surface area (TPSA) is 43.1 Å². The van der Waals surface area contributed by atoms with Crippen LogP contribution in [0.2, 0.25) is 0 Å². The van der Waals surface area contributed by atoms with Crippen LogP contribution in [0.3, 0.4) is 0 Å². The lowest BCUT2D eigenvalue weighted by molar-refractivity contribution is 0.0993. The van der Waals surface area contributed by atoms with Gasteiger partial charge in [-0.3, -0.25) is 4.79 Å². The summed E-state index contributed by atoms with van der Waals surface area (Å²) in [6.45, 7) is 1.93. The van der Waals surface area contributed by atoms with E-state index < -0.39 is 0 Å². The summed E-state index contributed by atoms with van der Waals surface area (Å²) in [5.74, 6) is 0.137. The Morgan fingerprint density at radius 1 is 1.06 bits per heavy atom. The van der Waals surface area contributed by atoms with Crippen molar-refractivity contribution in [2.24, 2.45) is 5.73 Å². The molecule has 92 valence electrons. The fourth-order valence-corrected chi connectivity index (χ4v) is 1.86. The number of Topliss-reactive ketones (excluding diaryl/α,β-unsaturated/α-hetero) is 1. The summed E-state index contributed by atoms with van der Waals surface area (Å²) in [6.07, 6.45) is 0.443. The highest BCUT2D eigenvalue weighted by Gasteiger charge is 2.07. The predicted molar refractivity (Wildman–Crippen MR) is 73.5 cm³/mol. The lowest BCUT2D eigenvalue weighted by atomic mass is 10.0. The molecule has 2 N–H and O–H groups in total. The van der Waals surface area contributed by atoms with Crippen molar-refractivity contribution in [3.8, 4) is 0 Å². The fraction of sp³-hybridized carbons (Fsp3) is 0.188. The Hall–Kier alpha value is -1.93. The lowest BCUT2D eigenvalue weighted by Gasteiger charge is -2.06. The van der Waals surface area contributed by atoms with Crippen molar-refractivity contribution in [3.05, 3.63) is 71.3 Å². The summed E-state index contributed by atoms with van der Waals surface area (Å²) in [4.78, 5) is 12.1. The van der Waals surface area contributed by atoms with Crippen LogP contribution in [0.15, 0.2) is 54.6 Å². The summed E-state index contributed by atoms with van der Waals surface area (Å²) in [7, 11) is 0. The minimum atomic E-state index is 0.00303. The molecule has 1 unspecified atom stereocenters. The Bertz CT molecular complexity index is 515. The number of carbonyl (C=O) groups excluding carboxylic acids is 1. The second-order valence-electron chi connectivity index (χ2n) is 4.50. The first-order valence-electron chi connectivity index (χ1n) is 6.09. The SMILES string of the molecule is CC(N)c1ccc(C(=O)Cc2ccccc2)cc1. The van der Waals surface area contributed by atoms with Gasteiger partial charge in [-0.25, -0.2) is 0 Å². The molecule has 0 aliphatic carbocycles. The van der Waals surface area contributed by atoms with E-state index in [9.17, 15) is 4.79 Å². The van der Waals surface area contributed by atoms with Crippen LogP contribution >= 0.6 is 0 Å². The largest absolute Gasteiger partial charge is 0.324 e. The van der Waals surface area contributed by atoms with Gasteiger partial charge in [0, 0.05) is 18.0 Å². The van der Waals surface area contributed by atoms with Gasteiger partial charge in [0.1, 0.15) is 0 Å². The molecule has 0 radical (unpaired) electrons. The number of carbonyl (C=O) groups is 1. The Balaban J connectivity index is 2.10. The first-order chi connectivity index (χ1) is 8.66. The average molecular weight is 239 g/mol. The molecule has 2 heteroatoms. The summed E-state index contributed by atoms with van der Waals surface area (Å²) in [5, 5.41) is 0. The molecule has 18 heavy (non-hydrogen) atoms. The van der Waals surface area contributed by atoms with Crippen molar-refractivity contribution in [3.63, 3.8) is 0 Å². The molecule has 0 amide bonds. The van der Waals surface area contributed by atoms with Crippen LogP contribution in [-0.2, 0) is 6.42 Å². The molecule has 2 aromatic rings. The summed E-state index contributed by atoms with van der Waals surface area (Å²) < 4.78 is 0. The van der Waals surface area contributed by atoms with Crippen LogP contribution in [0.5, 0.6) is 0 Å². The molecule has 2 nitrogen and oxygen atoms in total. The van der Waals surface area contributed by atoms with Crippen LogP contribution in [0, 0.1) is 0 Å². The number of ketones is 1. The number of hydrogen-bond donors (Lipinski definition) is 1. The van der Waals surface area contributed by atoms with Crippen LogP contribution in [0.4, 0.5) is 0 Å². The van der Waals surface area contributed by atoms with Gasteiger partial charge in [-0.2, -0.15) is 0 Å². The molecule has 0 fully saturated rings. The Morgan fingerprint density at radius 3 is 2.22 bits per heavy atom. The number of hydrogen-bond acceptors (Lipinski definition) is 2. The first-order valence-corrected chi connectivity index (χ1v) is 6.09. The van der Waals surface area contributed by atoms with E-state index in [0.29, 0.717) is 6.42 Å². The van der Waals surface area contributed by atoms with Gasteiger partial charge in [-0.1, -0.05) is 54.6 Å². The summed E-state index contributed by atoms with van der Waals surface area (Å²) in [6, 6.07) is 17.3. The maximum absolute atomic E-state index is 12.1. The van der Waals surface area contributed by atoms with Gasteiger partial charge in [0.15, 0.2) is 5.78 Å². The van der Waals surface area contributed by atoms with Gasteiger partial charge in [-0.15, -0.1) is 0 Å². The van der Waals surface area contributed by atoms with E-state index in [1.807, 2.05) is 61.5 Å². The highest BCUT2D eigenvalue weighted by atomic mass is 16.1. The molecule has 0 heterocycles. The molecule has 1 atom stereocenters. The molecular weight excluding hydrogens is 222 g/mol. The number of rotatable bonds is 4. The molecule has 0 saturated carbocycles. The van der Waals surface area contributed by atoms with Gasteiger partial charge in [-0.05, 0) is 18.1 Å². The Morgan fingerprint density at radius 2 is 1.67 bits per heavy atom. The number of benzene rings is 2. The summed E-state index contributed by atoms with van der Waals surface area (Å²) >= 11 is 0. The van der Waals surface area contributed by atoms with Crippen LogP contribution in [0.25, 0.3) is 0 Å². The molecule has 0 saturated heterocycles. The molecule has 2 rings (SSSR count). The second kappa shape index (κ2) is 5.61. The van der Waals surface area contributed by atoms with E-state index in [1.165, 1.54) is 0 Å². The molecule has 2 aromatic carbocycles. The molecule has 0 spiro atoms. The molecule has 0 aliphatic heterocycles. The van der Waals surface area contributed by atoms with E-state index in [1.54, 1.807) is 0 Å². The van der Waals surface area contributed by atoms with Crippen LogP contribution in [-0.4, -0.2) is 5.78 Å². The van der Waals surface area contributed by atoms with Crippen molar-refractivity contribution >= 4 is 5.78 Å². The third-order valence-corrected chi connectivity index (χ3v) is 2.97. The van der Waals surface area contributed by atoms with Crippen molar-refractivity contribution in [2.75, 3.05) is 0 Å². The third kappa shape index (κ3) is 3.05. The maximum atomic E-state index is 12.1. The average Bonchev–Trinajstić information content (AvgIpc) is 2.40. The summed E-state index contributed by atoms with van der Waals surface area (Å²) in [5.41, 5.74) is 8.61. The standard InChI is InChI=1S/C16H17NO/c1-12(17)14-7-9-15(10-8-14)16(18)11-13-5-3-2-4-6-13/h2-10,12H,11,17H2,1H3.